The van der Waals surface area contributed by atoms with Gasteiger partial charge in [-0.1, -0.05) is 18.2 Å². The minimum atomic E-state index is 0.298. The van der Waals surface area contributed by atoms with Gasteiger partial charge in [0, 0.05) is 32.0 Å². The van der Waals surface area contributed by atoms with Gasteiger partial charge in [0.2, 0.25) is 0 Å². The van der Waals surface area contributed by atoms with Crippen molar-refractivity contribution in [2.75, 3.05) is 0 Å². The van der Waals surface area contributed by atoms with Crippen LogP contribution in [0.4, 0.5) is 0 Å². The third kappa shape index (κ3) is 2.90. The number of fused-ring (bicyclic) bond motifs is 1. The number of hydrogen-bond acceptors (Lipinski definition) is 4. The third-order valence-electron chi connectivity index (χ3n) is 3.43. The lowest BCUT2D eigenvalue weighted by Crippen LogP contribution is -2.44. The third-order valence-corrected chi connectivity index (χ3v) is 6.83. The monoisotopic (exact) mass is 354 g/mol. The highest BCUT2D eigenvalue weighted by atomic mass is 79.9. The molecular weight excluding hydrogens is 340 g/mol. The molecule has 1 aliphatic rings. The summed E-state index contributed by atoms with van der Waals surface area (Å²) in [6, 6.07) is 11.0. The van der Waals surface area contributed by atoms with E-state index in [4.69, 9.17) is 5.84 Å². The first kappa shape index (κ1) is 13.6. The number of thioether (sulfide) groups is 1. The van der Waals surface area contributed by atoms with Gasteiger partial charge in [-0.15, -0.1) is 23.1 Å². The van der Waals surface area contributed by atoms with E-state index in [1.807, 2.05) is 11.8 Å². The minimum absolute atomic E-state index is 0.298. The van der Waals surface area contributed by atoms with E-state index in [0.717, 1.165) is 12.8 Å². The zero-order valence-electron chi connectivity index (χ0n) is 10.3. The number of hydrazine groups is 1. The van der Waals surface area contributed by atoms with E-state index < -0.39 is 0 Å². The molecule has 0 aliphatic carbocycles. The predicted molar refractivity (Wildman–Crippen MR) is 86.6 cm³/mol. The summed E-state index contributed by atoms with van der Waals surface area (Å²) < 4.78 is 1.19. The molecule has 2 heterocycles. The fourth-order valence-corrected chi connectivity index (χ4v) is 5.36. The summed E-state index contributed by atoms with van der Waals surface area (Å²) in [6.45, 7) is 0. The molecule has 2 aromatic rings. The molecule has 0 saturated heterocycles. The van der Waals surface area contributed by atoms with Crippen LogP contribution in [0.1, 0.15) is 10.4 Å². The number of thiophene rings is 1. The molecule has 0 spiro atoms. The molecule has 0 amide bonds. The Morgan fingerprint density at radius 1 is 1.37 bits per heavy atom. The van der Waals surface area contributed by atoms with E-state index in [2.05, 4.69) is 57.1 Å². The van der Waals surface area contributed by atoms with Crippen LogP contribution in [0.5, 0.6) is 0 Å². The van der Waals surface area contributed by atoms with Gasteiger partial charge in [-0.2, -0.15) is 0 Å². The van der Waals surface area contributed by atoms with Gasteiger partial charge < -0.3 is 0 Å². The second-order valence-corrected chi connectivity index (χ2v) is 7.77. The van der Waals surface area contributed by atoms with Gasteiger partial charge in [0.25, 0.3) is 0 Å². The highest BCUT2D eigenvalue weighted by Gasteiger charge is 2.29. The van der Waals surface area contributed by atoms with Crippen molar-refractivity contribution in [3.8, 4) is 0 Å². The molecule has 19 heavy (non-hydrogen) atoms. The topological polar surface area (TPSA) is 38.0 Å². The normalized spacial score (nSPS) is 19.4. The summed E-state index contributed by atoms with van der Waals surface area (Å²) in [4.78, 5) is 2.76. The van der Waals surface area contributed by atoms with Gasteiger partial charge in [0.15, 0.2) is 0 Å². The summed E-state index contributed by atoms with van der Waals surface area (Å²) in [6.07, 6.45) is 2.07. The van der Waals surface area contributed by atoms with Gasteiger partial charge in [0.05, 0.1) is 0 Å². The van der Waals surface area contributed by atoms with E-state index in [-0.39, 0.29) is 0 Å². The molecule has 0 radical (unpaired) electrons. The number of hydrogen-bond donors (Lipinski definition) is 2. The van der Waals surface area contributed by atoms with E-state index in [9.17, 15) is 0 Å². The molecule has 2 nitrogen and oxygen atoms in total. The SMILES string of the molecule is NNC(Cc1sccc1Br)C1Cc2ccccc2S1. The first-order chi connectivity index (χ1) is 9.28. The summed E-state index contributed by atoms with van der Waals surface area (Å²) in [5.41, 5.74) is 4.46. The standard InChI is InChI=1S/C14H15BrN2S2/c15-10-5-6-18-13(10)8-11(17-16)14-7-9-3-1-2-4-12(9)19-14/h1-6,11,14,17H,7-8,16H2. The highest BCUT2D eigenvalue weighted by molar-refractivity contribution is 9.10. The second kappa shape index (κ2) is 5.97. The van der Waals surface area contributed by atoms with Crippen LogP contribution >= 0.6 is 39.0 Å². The number of nitrogens with one attached hydrogen (secondary N) is 1. The van der Waals surface area contributed by atoms with Gasteiger partial charge in [-0.25, -0.2) is 0 Å². The Morgan fingerprint density at radius 2 is 2.21 bits per heavy atom. The molecule has 0 saturated carbocycles. The summed E-state index contributed by atoms with van der Waals surface area (Å²) in [5, 5.41) is 2.63. The lowest BCUT2D eigenvalue weighted by atomic mass is 10.0. The van der Waals surface area contributed by atoms with Crippen LogP contribution in [0.2, 0.25) is 0 Å². The molecule has 2 atom stereocenters. The van der Waals surface area contributed by atoms with E-state index in [1.165, 1.54) is 19.8 Å². The lowest BCUT2D eigenvalue weighted by molar-refractivity contribution is 0.509. The largest absolute Gasteiger partial charge is 0.271 e. The smallest absolute Gasteiger partial charge is 0.0384 e. The molecule has 1 aromatic carbocycles. The minimum Gasteiger partial charge on any atom is -0.271 e. The van der Waals surface area contributed by atoms with Crippen molar-refractivity contribution < 1.29 is 0 Å². The zero-order valence-corrected chi connectivity index (χ0v) is 13.5. The van der Waals surface area contributed by atoms with Crippen molar-refractivity contribution in [3.05, 3.63) is 50.6 Å². The Bertz CT molecular complexity index is 545. The van der Waals surface area contributed by atoms with Crippen molar-refractivity contribution >= 4 is 39.0 Å². The number of nitrogens with two attached hydrogens (primary N) is 1. The molecule has 0 fully saturated rings. The summed E-state index contributed by atoms with van der Waals surface area (Å²) in [7, 11) is 0. The number of benzene rings is 1. The average molecular weight is 355 g/mol. The molecule has 1 aromatic heterocycles. The Kier molecular flexibility index (Phi) is 4.29. The molecule has 5 heteroatoms. The number of rotatable bonds is 4. The van der Waals surface area contributed by atoms with Crippen molar-refractivity contribution in [2.45, 2.75) is 29.0 Å². The predicted octanol–water partition coefficient (Wildman–Crippen LogP) is 3.60. The molecule has 3 rings (SSSR count). The molecular formula is C14H15BrN2S2. The van der Waals surface area contributed by atoms with Gasteiger partial charge in [0.1, 0.15) is 0 Å². The molecule has 1 aliphatic heterocycles. The fourth-order valence-electron chi connectivity index (χ4n) is 2.40. The first-order valence-corrected chi connectivity index (χ1v) is 8.75. The zero-order chi connectivity index (χ0) is 13.2. The number of halogens is 1. The van der Waals surface area contributed by atoms with Crippen molar-refractivity contribution in [2.24, 2.45) is 5.84 Å². The maximum absolute atomic E-state index is 5.78. The van der Waals surface area contributed by atoms with Crippen LogP contribution in [0.3, 0.4) is 0 Å². The van der Waals surface area contributed by atoms with E-state index in [0.29, 0.717) is 11.3 Å². The van der Waals surface area contributed by atoms with Crippen LogP contribution in [0.25, 0.3) is 0 Å². The Hall–Kier alpha value is -0.330. The molecule has 3 N–H and O–H groups in total. The van der Waals surface area contributed by atoms with Crippen LogP contribution in [-0.2, 0) is 12.8 Å². The maximum atomic E-state index is 5.78. The fraction of sp³-hybridized carbons (Fsp3) is 0.286. The summed E-state index contributed by atoms with van der Waals surface area (Å²) >= 11 is 7.32. The van der Waals surface area contributed by atoms with Crippen molar-refractivity contribution in [1.29, 1.82) is 0 Å². The summed E-state index contributed by atoms with van der Waals surface area (Å²) in [5.74, 6) is 5.78. The Balaban J connectivity index is 1.73. The molecule has 2 unspecified atom stereocenters. The Morgan fingerprint density at radius 3 is 2.89 bits per heavy atom. The van der Waals surface area contributed by atoms with Gasteiger partial charge in [-0.3, -0.25) is 11.3 Å². The van der Waals surface area contributed by atoms with Crippen LogP contribution in [0, 0.1) is 0 Å². The van der Waals surface area contributed by atoms with Crippen molar-refractivity contribution in [1.82, 2.24) is 5.43 Å². The quantitative estimate of drug-likeness (QED) is 0.650. The van der Waals surface area contributed by atoms with Gasteiger partial charge >= 0.3 is 0 Å². The van der Waals surface area contributed by atoms with Gasteiger partial charge in [-0.05, 0) is 45.4 Å². The first-order valence-electron chi connectivity index (χ1n) is 6.20. The molecule has 100 valence electrons. The maximum Gasteiger partial charge on any atom is 0.0384 e. The van der Waals surface area contributed by atoms with Crippen LogP contribution < -0.4 is 11.3 Å². The lowest BCUT2D eigenvalue weighted by Gasteiger charge is -2.21. The second-order valence-electron chi connectivity index (χ2n) is 4.64. The Labute approximate surface area is 129 Å². The van der Waals surface area contributed by atoms with E-state index >= 15 is 0 Å². The molecule has 0 bridgehead atoms. The van der Waals surface area contributed by atoms with Crippen molar-refractivity contribution in [3.63, 3.8) is 0 Å². The average Bonchev–Trinajstić information content (AvgIpc) is 3.02. The van der Waals surface area contributed by atoms with Crippen LogP contribution in [0.15, 0.2) is 45.1 Å². The highest BCUT2D eigenvalue weighted by Crippen LogP contribution is 2.39. The van der Waals surface area contributed by atoms with Crippen LogP contribution in [-0.4, -0.2) is 11.3 Å². The van der Waals surface area contributed by atoms with E-state index in [1.54, 1.807) is 11.3 Å².